The van der Waals surface area contributed by atoms with Crippen LogP contribution >= 0.6 is 0 Å². The minimum absolute atomic E-state index is 0.0418. The van der Waals surface area contributed by atoms with Crippen molar-refractivity contribution in [3.63, 3.8) is 0 Å². The van der Waals surface area contributed by atoms with Gasteiger partial charge in [0.15, 0.2) is 0 Å². The topological polar surface area (TPSA) is 100 Å². The number of carboxylic acid groups (broad SMARTS) is 1. The van der Waals surface area contributed by atoms with Crippen molar-refractivity contribution < 1.29 is 9.90 Å². The Bertz CT molecular complexity index is 407. The molecule has 13 heavy (non-hydrogen) atoms. The van der Waals surface area contributed by atoms with Crippen LogP contribution in [0.15, 0.2) is 6.07 Å². The molecule has 0 bridgehead atoms. The minimum atomic E-state index is -1.17. The molecule has 5 heteroatoms. The molecule has 1 aromatic heterocycles. The number of nitriles is 1. The van der Waals surface area contributed by atoms with E-state index >= 15 is 0 Å². The highest BCUT2D eigenvalue weighted by molar-refractivity contribution is 5.92. The van der Waals surface area contributed by atoms with Gasteiger partial charge in [0.25, 0.3) is 0 Å². The van der Waals surface area contributed by atoms with E-state index < -0.39 is 5.97 Å². The van der Waals surface area contributed by atoms with Crippen molar-refractivity contribution in [2.24, 2.45) is 0 Å². The summed E-state index contributed by atoms with van der Waals surface area (Å²) < 4.78 is 0. The normalized spacial score (nSPS) is 9.23. The Morgan fingerprint density at radius 3 is 2.85 bits per heavy atom. The monoisotopic (exact) mass is 177 g/mol. The predicted molar refractivity (Wildman–Crippen MR) is 45.1 cm³/mol. The standard InChI is InChI=1S/C8H7N3O2/c1-4-2-5(8(12)13)6(3-9)7(10)11-4/h2H,1H3,(H2,10,11)(H,12,13). The Kier molecular flexibility index (Phi) is 2.15. The maximum absolute atomic E-state index is 10.7. The fourth-order valence-corrected chi connectivity index (χ4v) is 0.983. The largest absolute Gasteiger partial charge is 0.478 e. The van der Waals surface area contributed by atoms with Crippen molar-refractivity contribution in [1.29, 1.82) is 5.26 Å². The van der Waals surface area contributed by atoms with Crippen molar-refractivity contribution in [3.05, 3.63) is 22.9 Å². The molecule has 1 aromatic rings. The van der Waals surface area contributed by atoms with Gasteiger partial charge in [0.1, 0.15) is 17.5 Å². The van der Waals surface area contributed by atoms with E-state index in [9.17, 15) is 4.79 Å². The zero-order chi connectivity index (χ0) is 10.0. The summed E-state index contributed by atoms with van der Waals surface area (Å²) in [4.78, 5) is 14.4. The summed E-state index contributed by atoms with van der Waals surface area (Å²) in [6.07, 6.45) is 0. The molecule has 0 fully saturated rings. The van der Waals surface area contributed by atoms with Crippen LogP contribution < -0.4 is 5.73 Å². The van der Waals surface area contributed by atoms with E-state index in [2.05, 4.69) is 4.98 Å². The molecule has 1 rings (SSSR count). The molecule has 3 N–H and O–H groups in total. The number of rotatable bonds is 1. The Morgan fingerprint density at radius 2 is 2.38 bits per heavy atom. The van der Waals surface area contributed by atoms with E-state index in [0.717, 1.165) is 0 Å². The minimum Gasteiger partial charge on any atom is -0.478 e. The number of nitrogens with zero attached hydrogens (tertiary/aromatic N) is 2. The van der Waals surface area contributed by atoms with Gasteiger partial charge in [-0.1, -0.05) is 0 Å². The third-order valence-electron chi connectivity index (χ3n) is 1.52. The molecule has 5 nitrogen and oxygen atoms in total. The van der Waals surface area contributed by atoms with Gasteiger partial charge in [-0.05, 0) is 13.0 Å². The summed E-state index contributed by atoms with van der Waals surface area (Å²) >= 11 is 0. The van der Waals surface area contributed by atoms with Crippen LogP contribution in [0, 0.1) is 18.3 Å². The van der Waals surface area contributed by atoms with Crippen LogP contribution in [-0.4, -0.2) is 16.1 Å². The van der Waals surface area contributed by atoms with Gasteiger partial charge in [0.05, 0.1) is 5.56 Å². The van der Waals surface area contributed by atoms with E-state index in [0.29, 0.717) is 5.69 Å². The van der Waals surface area contributed by atoms with Crippen LogP contribution in [-0.2, 0) is 0 Å². The number of carbonyl (C=O) groups is 1. The predicted octanol–water partition coefficient (Wildman–Crippen LogP) is 0.542. The van der Waals surface area contributed by atoms with Gasteiger partial charge >= 0.3 is 5.97 Å². The maximum atomic E-state index is 10.7. The van der Waals surface area contributed by atoms with Gasteiger partial charge in [-0.25, -0.2) is 9.78 Å². The van der Waals surface area contributed by atoms with E-state index in [-0.39, 0.29) is 16.9 Å². The SMILES string of the molecule is Cc1cc(C(=O)O)c(C#N)c(N)n1. The Hall–Kier alpha value is -2.09. The molecule has 0 saturated heterocycles. The molecule has 0 aromatic carbocycles. The van der Waals surface area contributed by atoms with Crippen LogP contribution in [0.3, 0.4) is 0 Å². The van der Waals surface area contributed by atoms with Crippen LogP contribution in [0.1, 0.15) is 21.6 Å². The van der Waals surface area contributed by atoms with E-state index in [1.165, 1.54) is 6.07 Å². The second-order valence-corrected chi connectivity index (χ2v) is 2.49. The van der Waals surface area contributed by atoms with Crippen molar-refractivity contribution >= 4 is 11.8 Å². The number of hydrogen-bond acceptors (Lipinski definition) is 4. The summed E-state index contributed by atoms with van der Waals surface area (Å²) in [6, 6.07) is 3.02. The van der Waals surface area contributed by atoms with Gasteiger partial charge in [-0.2, -0.15) is 5.26 Å². The summed E-state index contributed by atoms with van der Waals surface area (Å²) in [7, 11) is 0. The first kappa shape index (κ1) is 9.00. The average Bonchev–Trinajstić information content (AvgIpc) is 2.02. The third-order valence-corrected chi connectivity index (χ3v) is 1.52. The fourth-order valence-electron chi connectivity index (χ4n) is 0.983. The highest BCUT2D eigenvalue weighted by Gasteiger charge is 2.14. The number of aromatic carboxylic acids is 1. The van der Waals surface area contributed by atoms with E-state index in [1.54, 1.807) is 13.0 Å². The first-order chi connectivity index (χ1) is 6.06. The molecule has 0 amide bonds. The zero-order valence-electron chi connectivity index (χ0n) is 6.90. The van der Waals surface area contributed by atoms with Crippen LogP contribution in [0.4, 0.5) is 5.82 Å². The molecule has 0 aliphatic heterocycles. The summed E-state index contributed by atoms with van der Waals surface area (Å²) in [5, 5.41) is 17.3. The van der Waals surface area contributed by atoms with Crippen molar-refractivity contribution in [2.75, 3.05) is 5.73 Å². The number of hydrogen-bond donors (Lipinski definition) is 2. The third kappa shape index (κ3) is 1.56. The highest BCUT2D eigenvalue weighted by atomic mass is 16.4. The number of aryl methyl sites for hydroxylation is 1. The summed E-state index contributed by atoms with van der Waals surface area (Å²) in [5.41, 5.74) is 5.66. The Labute approximate surface area is 74.4 Å². The molecule has 66 valence electrons. The molecule has 0 atom stereocenters. The molecule has 0 aliphatic rings. The molecule has 0 spiro atoms. The smallest absolute Gasteiger partial charge is 0.337 e. The number of anilines is 1. The first-order valence-corrected chi connectivity index (χ1v) is 3.46. The average molecular weight is 177 g/mol. The molecular formula is C8H7N3O2. The van der Waals surface area contributed by atoms with Gasteiger partial charge in [0, 0.05) is 5.69 Å². The molecule has 1 heterocycles. The lowest BCUT2D eigenvalue weighted by molar-refractivity contribution is 0.0696. The van der Waals surface area contributed by atoms with E-state index in [4.69, 9.17) is 16.1 Å². The van der Waals surface area contributed by atoms with Crippen molar-refractivity contribution in [3.8, 4) is 6.07 Å². The lowest BCUT2D eigenvalue weighted by Gasteiger charge is -2.02. The highest BCUT2D eigenvalue weighted by Crippen LogP contribution is 2.15. The number of nitrogens with two attached hydrogens (primary N) is 1. The van der Waals surface area contributed by atoms with Gasteiger partial charge in [-0.3, -0.25) is 0 Å². The number of aromatic nitrogens is 1. The first-order valence-electron chi connectivity index (χ1n) is 3.46. The lowest BCUT2D eigenvalue weighted by Crippen LogP contribution is -2.06. The fraction of sp³-hybridized carbons (Fsp3) is 0.125. The molecule has 0 aliphatic carbocycles. The van der Waals surface area contributed by atoms with E-state index in [1.807, 2.05) is 0 Å². The quantitative estimate of drug-likeness (QED) is 0.652. The molecule has 0 saturated carbocycles. The molecule has 0 unspecified atom stereocenters. The van der Waals surface area contributed by atoms with Crippen LogP contribution in [0.5, 0.6) is 0 Å². The van der Waals surface area contributed by atoms with Crippen LogP contribution in [0.2, 0.25) is 0 Å². The summed E-state index contributed by atoms with van der Waals surface area (Å²) in [5.74, 6) is -1.21. The number of pyridine rings is 1. The lowest BCUT2D eigenvalue weighted by atomic mass is 10.1. The van der Waals surface area contributed by atoms with Gasteiger partial charge in [0.2, 0.25) is 0 Å². The number of nitrogen functional groups attached to an aromatic ring is 1. The Balaban J connectivity index is 3.50. The zero-order valence-corrected chi connectivity index (χ0v) is 6.90. The van der Waals surface area contributed by atoms with Crippen LogP contribution in [0.25, 0.3) is 0 Å². The number of carboxylic acids is 1. The van der Waals surface area contributed by atoms with Crippen molar-refractivity contribution in [2.45, 2.75) is 6.92 Å². The Morgan fingerprint density at radius 1 is 1.77 bits per heavy atom. The second kappa shape index (κ2) is 3.11. The maximum Gasteiger partial charge on any atom is 0.337 e. The molecule has 0 radical (unpaired) electrons. The second-order valence-electron chi connectivity index (χ2n) is 2.49. The van der Waals surface area contributed by atoms with Gasteiger partial charge < -0.3 is 10.8 Å². The summed E-state index contributed by atoms with van der Waals surface area (Å²) in [6.45, 7) is 1.62. The van der Waals surface area contributed by atoms with Gasteiger partial charge in [-0.15, -0.1) is 0 Å². The molecular weight excluding hydrogens is 170 g/mol. The van der Waals surface area contributed by atoms with Crippen molar-refractivity contribution in [1.82, 2.24) is 4.98 Å².